The smallest absolute Gasteiger partial charge is 0.231 e. The van der Waals surface area contributed by atoms with Gasteiger partial charge in [0.2, 0.25) is 11.8 Å². The van der Waals surface area contributed by atoms with Gasteiger partial charge in [0.05, 0.1) is 18.2 Å². The largest absolute Gasteiger partial charge is 0.494 e. The number of nitrogens with zero attached hydrogens (tertiary/aromatic N) is 2. The minimum absolute atomic E-state index is 0.0364. The number of carbonyl (C=O) groups excluding carboxylic acids is 2. The molecule has 1 aromatic carbocycles. The number of rotatable bonds is 6. The highest BCUT2D eigenvalue weighted by Gasteiger charge is 2.35. The van der Waals surface area contributed by atoms with Crippen LogP contribution in [0.5, 0.6) is 5.75 Å². The van der Waals surface area contributed by atoms with Crippen LogP contribution in [0.2, 0.25) is 0 Å². The molecule has 1 aliphatic rings. The quantitative estimate of drug-likeness (QED) is 0.842. The lowest BCUT2D eigenvalue weighted by molar-refractivity contribution is -0.129. The number of anilines is 1. The van der Waals surface area contributed by atoms with Gasteiger partial charge in [-0.15, -0.1) is 11.3 Å². The van der Waals surface area contributed by atoms with Crippen molar-refractivity contribution in [3.8, 4) is 17.0 Å². The average Bonchev–Trinajstić information content (AvgIpc) is 3.22. The van der Waals surface area contributed by atoms with Gasteiger partial charge in [0, 0.05) is 30.0 Å². The molecule has 1 unspecified atom stereocenters. The third kappa shape index (κ3) is 4.04. The number of hydrogen-bond donors (Lipinski definition) is 1. The van der Waals surface area contributed by atoms with E-state index in [0.717, 1.165) is 17.0 Å². The number of aromatic nitrogens is 1. The molecule has 2 amide bonds. The first kappa shape index (κ1) is 18.4. The maximum Gasteiger partial charge on any atom is 0.231 e. The summed E-state index contributed by atoms with van der Waals surface area (Å²) < 4.78 is 5.44. The van der Waals surface area contributed by atoms with Gasteiger partial charge in [-0.05, 0) is 45.0 Å². The van der Waals surface area contributed by atoms with E-state index in [1.54, 1.807) is 4.90 Å². The van der Waals surface area contributed by atoms with Crippen molar-refractivity contribution in [3.05, 3.63) is 29.6 Å². The molecule has 3 rings (SSSR count). The molecule has 0 bridgehead atoms. The van der Waals surface area contributed by atoms with Crippen LogP contribution in [0.15, 0.2) is 29.6 Å². The SMILES string of the molecule is CCOc1ccc(-c2csc(NC(=O)C3CC(=O)N(C(C)C)C3)n2)cc1. The zero-order valence-corrected chi connectivity index (χ0v) is 16.0. The van der Waals surface area contributed by atoms with E-state index >= 15 is 0 Å². The molecule has 6 nitrogen and oxygen atoms in total. The van der Waals surface area contributed by atoms with Crippen molar-refractivity contribution in [1.29, 1.82) is 0 Å². The second-order valence-corrected chi connectivity index (χ2v) is 7.38. The fourth-order valence-electron chi connectivity index (χ4n) is 2.97. The van der Waals surface area contributed by atoms with Gasteiger partial charge >= 0.3 is 0 Å². The van der Waals surface area contributed by atoms with Crippen molar-refractivity contribution in [2.75, 3.05) is 18.5 Å². The Kier molecular flexibility index (Phi) is 5.56. The molecular weight excluding hydrogens is 350 g/mol. The predicted molar refractivity (Wildman–Crippen MR) is 102 cm³/mol. The molecule has 0 aliphatic carbocycles. The van der Waals surface area contributed by atoms with E-state index in [-0.39, 0.29) is 30.2 Å². The number of benzene rings is 1. The van der Waals surface area contributed by atoms with Crippen LogP contribution < -0.4 is 10.1 Å². The molecule has 1 fully saturated rings. The standard InChI is InChI=1S/C19H23N3O3S/c1-4-25-15-7-5-13(6-8-15)16-11-26-19(20-16)21-18(24)14-9-17(23)22(10-14)12(2)3/h5-8,11-12,14H,4,9-10H2,1-3H3,(H,20,21,24). The van der Waals surface area contributed by atoms with Gasteiger partial charge in [-0.2, -0.15) is 0 Å². The molecule has 0 radical (unpaired) electrons. The number of ether oxygens (including phenoxy) is 1. The fraction of sp³-hybridized carbons (Fsp3) is 0.421. The second kappa shape index (κ2) is 7.86. The first-order chi connectivity index (χ1) is 12.5. The molecule has 0 saturated carbocycles. The summed E-state index contributed by atoms with van der Waals surface area (Å²) in [6.07, 6.45) is 0.265. The highest BCUT2D eigenvalue weighted by molar-refractivity contribution is 7.14. The third-order valence-electron chi connectivity index (χ3n) is 4.35. The van der Waals surface area contributed by atoms with E-state index in [2.05, 4.69) is 10.3 Å². The summed E-state index contributed by atoms with van der Waals surface area (Å²) in [7, 11) is 0. The van der Waals surface area contributed by atoms with Gasteiger partial charge in [-0.1, -0.05) is 0 Å². The Morgan fingerprint density at radius 1 is 1.38 bits per heavy atom. The molecule has 0 spiro atoms. The Balaban J connectivity index is 1.63. The molecule has 1 atom stereocenters. The van der Waals surface area contributed by atoms with Gasteiger partial charge < -0.3 is 15.0 Å². The van der Waals surface area contributed by atoms with Gasteiger partial charge in [-0.3, -0.25) is 9.59 Å². The van der Waals surface area contributed by atoms with Crippen molar-refractivity contribution in [1.82, 2.24) is 9.88 Å². The van der Waals surface area contributed by atoms with E-state index in [9.17, 15) is 9.59 Å². The first-order valence-electron chi connectivity index (χ1n) is 8.77. The van der Waals surface area contributed by atoms with Crippen molar-refractivity contribution in [3.63, 3.8) is 0 Å². The molecule has 1 aromatic heterocycles. The summed E-state index contributed by atoms with van der Waals surface area (Å²) in [5.74, 6) is 0.395. The highest BCUT2D eigenvalue weighted by atomic mass is 32.1. The number of carbonyl (C=O) groups is 2. The van der Waals surface area contributed by atoms with Crippen LogP contribution in [0, 0.1) is 5.92 Å². The molecule has 2 aromatic rings. The summed E-state index contributed by atoms with van der Waals surface area (Å²) in [4.78, 5) is 30.7. The summed E-state index contributed by atoms with van der Waals surface area (Å²) in [5.41, 5.74) is 1.77. The maximum atomic E-state index is 12.5. The van der Waals surface area contributed by atoms with Gasteiger partial charge in [-0.25, -0.2) is 4.98 Å². The lowest BCUT2D eigenvalue weighted by atomic mass is 10.1. The normalized spacial score (nSPS) is 17.0. The number of likely N-dealkylation sites (tertiary alicyclic amines) is 1. The predicted octanol–water partition coefficient (Wildman–Crippen LogP) is 3.40. The lowest BCUT2D eigenvalue weighted by Crippen LogP contribution is -2.33. The van der Waals surface area contributed by atoms with E-state index in [4.69, 9.17) is 4.74 Å². The van der Waals surface area contributed by atoms with Crippen LogP contribution in [0.4, 0.5) is 5.13 Å². The molecule has 1 aliphatic heterocycles. The highest BCUT2D eigenvalue weighted by Crippen LogP contribution is 2.28. The lowest BCUT2D eigenvalue weighted by Gasteiger charge is -2.20. The number of thiazole rings is 1. The Labute approximate surface area is 157 Å². The summed E-state index contributed by atoms with van der Waals surface area (Å²) in [5, 5.41) is 5.31. The van der Waals surface area contributed by atoms with Crippen LogP contribution in [-0.4, -0.2) is 40.9 Å². The minimum atomic E-state index is -0.317. The average molecular weight is 373 g/mol. The van der Waals surface area contributed by atoms with E-state index in [1.807, 2.05) is 50.4 Å². The molecular formula is C19H23N3O3S. The van der Waals surface area contributed by atoms with Crippen molar-refractivity contribution in [2.24, 2.45) is 5.92 Å². The van der Waals surface area contributed by atoms with Gasteiger partial charge in [0.15, 0.2) is 5.13 Å². The second-order valence-electron chi connectivity index (χ2n) is 6.53. The Morgan fingerprint density at radius 2 is 2.12 bits per heavy atom. The van der Waals surface area contributed by atoms with E-state index in [0.29, 0.717) is 18.3 Å². The van der Waals surface area contributed by atoms with Crippen LogP contribution in [-0.2, 0) is 9.59 Å². The van der Waals surface area contributed by atoms with Crippen LogP contribution in [0.25, 0.3) is 11.3 Å². The van der Waals surface area contributed by atoms with Gasteiger partial charge in [0.1, 0.15) is 5.75 Å². The van der Waals surface area contributed by atoms with Crippen LogP contribution >= 0.6 is 11.3 Å². The van der Waals surface area contributed by atoms with E-state index in [1.165, 1.54) is 11.3 Å². The Bertz CT molecular complexity index is 786. The zero-order chi connectivity index (χ0) is 18.7. The Morgan fingerprint density at radius 3 is 2.73 bits per heavy atom. The minimum Gasteiger partial charge on any atom is -0.494 e. The van der Waals surface area contributed by atoms with E-state index < -0.39 is 0 Å². The third-order valence-corrected chi connectivity index (χ3v) is 5.11. The molecule has 1 N–H and O–H groups in total. The van der Waals surface area contributed by atoms with Gasteiger partial charge in [0.25, 0.3) is 0 Å². The monoisotopic (exact) mass is 373 g/mol. The summed E-state index contributed by atoms with van der Waals surface area (Å²) in [6, 6.07) is 7.82. The molecule has 7 heteroatoms. The number of nitrogens with one attached hydrogen (secondary N) is 1. The molecule has 2 heterocycles. The van der Waals surface area contributed by atoms with Crippen LogP contribution in [0.1, 0.15) is 27.2 Å². The fourth-order valence-corrected chi connectivity index (χ4v) is 3.69. The summed E-state index contributed by atoms with van der Waals surface area (Å²) >= 11 is 1.38. The topological polar surface area (TPSA) is 71.5 Å². The van der Waals surface area contributed by atoms with Crippen molar-refractivity contribution in [2.45, 2.75) is 33.2 Å². The summed E-state index contributed by atoms with van der Waals surface area (Å²) in [6.45, 7) is 6.97. The first-order valence-corrected chi connectivity index (χ1v) is 9.65. The van der Waals surface area contributed by atoms with Crippen LogP contribution in [0.3, 0.4) is 0 Å². The number of hydrogen-bond acceptors (Lipinski definition) is 5. The molecule has 138 valence electrons. The maximum absolute atomic E-state index is 12.5. The van der Waals surface area contributed by atoms with Crippen molar-refractivity contribution < 1.29 is 14.3 Å². The molecule has 26 heavy (non-hydrogen) atoms. The Hall–Kier alpha value is -2.41. The van der Waals surface area contributed by atoms with Crippen molar-refractivity contribution >= 4 is 28.3 Å². The molecule has 1 saturated heterocycles. The zero-order valence-electron chi connectivity index (χ0n) is 15.2. The number of amides is 2.